The third-order valence-corrected chi connectivity index (χ3v) is 5.99. The van der Waals surface area contributed by atoms with E-state index in [4.69, 9.17) is 5.14 Å². The number of aryl methyl sites for hydroxylation is 1. The van der Waals surface area contributed by atoms with Gasteiger partial charge in [0, 0.05) is 5.56 Å². The average molecular weight is 389 g/mol. The molecule has 0 aromatic heterocycles. The van der Waals surface area contributed by atoms with Gasteiger partial charge in [-0.2, -0.15) is 0 Å². The second kappa shape index (κ2) is 8.21. The molecule has 7 heteroatoms. The number of benzene rings is 2. The highest BCUT2D eigenvalue weighted by Crippen LogP contribution is 2.29. The zero-order valence-electron chi connectivity index (χ0n) is 15.4. The highest BCUT2D eigenvalue weighted by atomic mass is 32.2. The van der Waals surface area contributed by atoms with Crippen LogP contribution in [0.4, 0.5) is 0 Å². The third kappa shape index (κ3) is 4.94. The van der Waals surface area contributed by atoms with Crippen molar-refractivity contribution in [3.05, 3.63) is 65.2 Å². The number of nitrogens with two attached hydrogens (primary N) is 2. The minimum atomic E-state index is -3.68. The third-order valence-electron chi connectivity index (χ3n) is 5.06. The summed E-state index contributed by atoms with van der Waals surface area (Å²) in [5.41, 5.74) is 3.48. The van der Waals surface area contributed by atoms with Crippen LogP contribution >= 0.6 is 0 Å². The number of rotatable bonds is 6. The minimum absolute atomic E-state index is 0.0119. The lowest BCUT2D eigenvalue weighted by Gasteiger charge is -2.27. The van der Waals surface area contributed by atoms with Crippen molar-refractivity contribution in [2.24, 2.45) is 5.14 Å². The van der Waals surface area contributed by atoms with E-state index in [0.717, 1.165) is 24.8 Å². The fourth-order valence-electron chi connectivity index (χ4n) is 3.44. The molecule has 6 nitrogen and oxygen atoms in total. The summed E-state index contributed by atoms with van der Waals surface area (Å²) >= 11 is 0. The molecule has 0 bridgehead atoms. The molecule has 0 radical (unpaired) electrons. The van der Waals surface area contributed by atoms with Crippen molar-refractivity contribution < 1.29 is 18.5 Å². The van der Waals surface area contributed by atoms with E-state index in [1.165, 1.54) is 23.3 Å². The maximum absolute atomic E-state index is 12.6. The standard InChI is InChI=1S/C20H25N3O3S/c1-14(22-13-15-9-11-17(12-10-15)27(21,25)26)20(24)23-19-8-4-6-16-5-2-3-7-18(16)19/h2-3,5,7,9-12,14,19,22H,4,6,8,13H2,1H3,(H,23,24)(H2,21,25,26)/p+1/t14-,19+/m1/s1. The molecule has 3 rings (SSSR count). The highest BCUT2D eigenvalue weighted by molar-refractivity contribution is 7.89. The van der Waals surface area contributed by atoms with E-state index in [2.05, 4.69) is 17.4 Å². The van der Waals surface area contributed by atoms with Crippen LogP contribution in [0.15, 0.2) is 53.4 Å². The Morgan fingerprint density at radius 1 is 1.22 bits per heavy atom. The van der Waals surface area contributed by atoms with E-state index >= 15 is 0 Å². The molecule has 1 aliphatic rings. The van der Waals surface area contributed by atoms with Crippen LogP contribution in [0.3, 0.4) is 0 Å². The number of nitrogens with one attached hydrogen (secondary N) is 1. The summed E-state index contributed by atoms with van der Waals surface area (Å²) in [5.74, 6) is 0.0119. The van der Waals surface area contributed by atoms with E-state index < -0.39 is 10.0 Å². The predicted octanol–water partition coefficient (Wildman–Crippen LogP) is 0.980. The molecule has 0 unspecified atom stereocenters. The number of hydrogen-bond acceptors (Lipinski definition) is 3. The summed E-state index contributed by atoms with van der Waals surface area (Å²) in [7, 11) is -3.68. The van der Waals surface area contributed by atoms with Gasteiger partial charge in [-0.25, -0.2) is 13.6 Å². The molecule has 0 fully saturated rings. The molecule has 0 saturated heterocycles. The van der Waals surface area contributed by atoms with Crippen LogP contribution in [0.1, 0.15) is 42.5 Å². The molecule has 2 aromatic rings. The van der Waals surface area contributed by atoms with E-state index in [9.17, 15) is 13.2 Å². The summed E-state index contributed by atoms with van der Waals surface area (Å²) in [6.45, 7) is 2.46. The SMILES string of the molecule is C[C@@H]([NH2+]Cc1ccc(S(N)(=O)=O)cc1)C(=O)N[C@H]1CCCc2ccccc21. The van der Waals surface area contributed by atoms with Gasteiger partial charge in [0.15, 0.2) is 6.04 Å². The van der Waals surface area contributed by atoms with Gasteiger partial charge in [-0.1, -0.05) is 36.4 Å². The van der Waals surface area contributed by atoms with Gasteiger partial charge in [-0.3, -0.25) is 4.79 Å². The van der Waals surface area contributed by atoms with Crippen molar-refractivity contribution in [1.29, 1.82) is 0 Å². The first-order valence-electron chi connectivity index (χ1n) is 9.18. The molecular formula is C20H26N3O3S+. The molecule has 0 saturated carbocycles. The second-order valence-electron chi connectivity index (χ2n) is 7.07. The Labute approximate surface area is 160 Å². The van der Waals surface area contributed by atoms with Gasteiger partial charge in [-0.15, -0.1) is 0 Å². The van der Waals surface area contributed by atoms with Crippen LogP contribution in [-0.2, 0) is 27.8 Å². The smallest absolute Gasteiger partial charge is 0.278 e. The molecule has 144 valence electrons. The van der Waals surface area contributed by atoms with Gasteiger partial charge in [0.25, 0.3) is 5.91 Å². The van der Waals surface area contributed by atoms with Crippen LogP contribution in [0.5, 0.6) is 0 Å². The quantitative estimate of drug-likeness (QED) is 0.687. The fraction of sp³-hybridized carbons (Fsp3) is 0.350. The molecule has 0 heterocycles. The first-order valence-corrected chi connectivity index (χ1v) is 10.7. The van der Waals surface area contributed by atoms with Gasteiger partial charge in [-0.05, 0) is 49.4 Å². The van der Waals surface area contributed by atoms with Crippen LogP contribution in [-0.4, -0.2) is 20.4 Å². The Hall–Kier alpha value is -2.22. The van der Waals surface area contributed by atoms with E-state index in [0.29, 0.717) is 6.54 Å². The number of fused-ring (bicyclic) bond motifs is 1. The van der Waals surface area contributed by atoms with Crippen molar-refractivity contribution in [2.75, 3.05) is 0 Å². The number of quaternary nitrogens is 1. The predicted molar refractivity (Wildman–Crippen MR) is 103 cm³/mol. The zero-order chi connectivity index (χ0) is 19.4. The van der Waals surface area contributed by atoms with E-state index in [1.807, 2.05) is 24.4 Å². The van der Waals surface area contributed by atoms with Crippen molar-refractivity contribution >= 4 is 15.9 Å². The topological polar surface area (TPSA) is 106 Å². The van der Waals surface area contributed by atoms with Gasteiger partial charge < -0.3 is 10.6 Å². The summed E-state index contributed by atoms with van der Waals surface area (Å²) in [5, 5.41) is 10.2. The van der Waals surface area contributed by atoms with Crippen molar-refractivity contribution in [3.63, 3.8) is 0 Å². The summed E-state index contributed by atoms with van der Waals surface area (Å²) in [6, 6.07) is 14.5. The molecular weight excluding hydrogens is 362 g/mol. The minimum Gasteiger partial charge on any atom is -0.344 e. The number of hydrogen-bond donors (Lipinski definition) is 3. The van der Waals surface area contributed by atoms with Gasteiger partial charge >= 0.3 is 0 Å². The van der Waals surface area contributed by atoms with Crippen LogP contribution in [0.2, 0.25) is 0 Å². The number of sulfonamides is 1. The monoisotopic (exact) mass is 388 g/mol. The molecule has 2 aromatic carbocycles. The van der Waals surface area contributed by atoms with Crippen molar-refractivity contribution in [2.45, 2.75) is 49.7 Å². The Balaban J connectivity index is 1.56. The molecule has 0 spiro atoms. The number of primary sulfonamides is 1. The van der Waals surface area contributed by atoms with Crippen molar-refractivity contribution in [1.82, 2.24) is 5.32 Å². The zero-order valence-corrected chi connectivity index (χ0v) is 16.2. The molecule has 2 atom stereocenters. The number of carbonyl (C=O) groups excluding carboxylic acids is 1. The Morgan fingerprint density at radius 2 is 1.93 bits per heavy atom. The Bertz CT molecular complexity index is 910. The van der Waals surface area contributed by atoms with Crippen molar-refractivity contribution in [3.8, 4) is 0 Å². The number of carbonyl (C=O) groups is 1. The summed E-state index contributed by atoms with van der Waals surface area (Å²) < 4.78 is 22.6. The lowest BCUT2D eigenvalue weighted by molar-refractivity contribution is -0.689. The first kappa shape index (κ1) is 19.5. The molecule has 0 aliphatic heterocycles. The van der Waals surface area contributed by atoms with Crippen LogP contribution in [0, 0.1) is 0 Å². The summed E-state index contributed by atoms with van der Waals surface area (Å²) in [4.78, 5) is 12.7. The lowest BCUT2D eigenvalue weighted by atomic mass is 9.87. The van der Waals surface area contributed by atoms with Gasteiger partial charge in [0.1, 0.15) is 6.54 Å². The number of amides is 1. The van der Waals surface area contributed by atoms with Crippen LogP contribution < -0.4 is 15.8 Å². The maximum atomic E-state index is 12.6. The average Bonchev–Trinajstić information content (AvgIpc) is 2.66. The lowest BCUT2D eigenvalue weighted by Crippen LogP contribution is -2.90. The first-order chi connectivity index (χ1) is 12.8. The summed E-state index contributed by atoms with van der Waals surface area (Å²) in [6.07, 6.45) is 3.11. The maximum Gasteiger partial charge on any atom is 0.278 e. The fourth-order valence-corrected chi connectivity index (χ4v) is 3.96. The van der Waals surface area contributed by atoms with Crippen LogP contribution in [0.25, 0.3) is 0 Å². The Morgan fingerprint density at radius 3 is 2.63 bits per heavy atom. The molecule has 5 N–H and O–H groups in total. The normalized spacial score (nSPS) is 17.8. The molecule has 1 aliphatic carbocycles. The second-order valence-corrected chi connectivity index (χ2v) is 8.63. The van der Waals surface area contributed by atoms with Gasteiger partial charge in [0.2, 0.25) is 10.0 Å². The largest absolute Gasteiger partial charge is 0.344 e. The highest BCUT2D eigenvalue weighted by Gasteiger charge is 2.24. The molecule has 1 amide bonds. The van der Waals surface area contributed by atoms with E-state index in [-0.39, 0.29) is 22.9 Å². The van der Waals surface area contributed by atoms with E-state index in [1.54, 1.807) is 12.1 Å². The molecule has 27 heavy (non-hydrogen) atoms. The Kier molecular flexibility index (Phi) is 5.94. The van der Waals surface area contributed by atoms with Gasteiger partial charge in [0.05, 0.1) is 10.9 Å².